The molecule has 1 amide bonds. The fraction of sp³-hybridized carbons (Fsp3) is 0.217. The molecule has 4 nitrogen and oxygen atoms in total. The molecule has 0 fully saturated rings. The van der Waals surface area contributed by atoms with Gasteiger partial charge < -0.3 is 10.3 Å². The van der Waals surface area contributed by atoms with Crippen LogP contribution in [0.25, 0.3) is 21.8 Å². The summed E-state index contributed by atoms with van der Waals surface area (Å²) in [7, 11) is 0. The number of para-hydroxylation sites is 1. The Balaban J connectivity index is 1.52. The molecule has 4 rings (SSSR count). The fourth-order valence-corrected chi connectivity index (χ4v) is 3.67. The molecule has 0 bridgehead atoms. The topological polar surface area (TPSA) is 57.8 Å². The zero-order valence-electron chi connectivity index (χ0n) is 15.9. The highest BCUT2D eigenvalue weighted by Crippen LogP contribution is 2.28. The zero-order chi connectivity index (χ0) is 19.0. The van der Waals surface area contributed by atoms with E-state index in [2.05, 4.69) is 47.3 Å². The van der Waals surface area contributed by atoms with E-state index in [1.54, 1.807) is 0 Å². The van der Waals surface area contributed by atoms with Gasteiger partial charge in [0.25, 0.3) is 0 Å². The van der Waals surface area contributed by atoms with Crippen LogP contribution in [-0.2, 0) is 17.8 Å². The van der Waals surface area contributed by atoms with Gasteiger partial charge in [0.15, 0.2) is 0 Å². The number of amides is 1. The largest absolute Gasteiger partial charge is 0.358 e. The Kier molecular flexibility index (Phi) is 4.40. The molecule has 0 unspecified atom stereocenters. The molecule has 0 aliphatic rings. The van der Waals surface area contributed by atoms with Crippen molar-refractivity contribution in [2.75, 3.05) is 0 Å². The summed E-state index contributed by atoms with van der Waals surface area (Å²) in [6, 6.07) is 14.3. The van der Waals surface area contributed by atoms with Crippen molar-refractivity contribution in [3.05, 3.63) is 76.6 Å². The minimum atomic E-state index is 0.0214. The highest BCUT2D eigenvalue weighted by molar-refractivity contribution is 5.93. The molecule has 2 heterocycles. The average molecular weight is 357 g/mol. The Hall–Kier alpha value is -3.14. The second kappa shape index (κ2) is 6.88. The van der Waals surface area contributed by atoms with Gasteiger partial charge in [0.1, 0.15) is 0 Å². The van der Waals surface area contributed by atoms with Crippen molar-refractivity contribution < 1.29 is 4.79 Å². The molecule has 4 aromatic rings. The van der Waals surface area contributed by atoms with Crippen LogP contribution in [0.1, 0.15) is 27.9 Å². The van der Waals surface area contributed by atoms with E-state index in [0.717, 1.165) is 33.2 Å². The van der Waals surface area contributed by atoms with Gasteiger partial charge in [0, 0.05) is 34.7 Å². The molecule has 2 aromatic carbocycles. The Morgan fingerprint density at radius 3 is 2.70 bits per heavy atom. The molecular formula is C23H23N3O. The monoisotopic (exact) mass is 357 g/mol. The summed E-state index contributed by atoms with van der Waals surface area (Å²) in [4.78, 5) is 20.5. The van der Waals surface area contributed by atoms with Crippen LogP contribution in [0, 0.1) is 20.8 Å². The number of pyridine rings is 1. The third-order valence-corrected chi connectivity index (χ3v) is 5.16. The van der Waals surface area contributed by atoms with E-state index in [1.165, 1.54) is 16.5 Å². The Bertz CT molecular complexity index is 1160. The number of nitrogens with zero attached hydrogens (tertiary/aromatic N) is 1. The smallest absolute Gasteiger partial charge is 0.224 e. The number of rotatable bonds is 4. The lowest BCUT2D eigenvalue weighted by Gasteiger charge is -2.08. The van der Waals surface area contributed by atoms with E-state index >= 15 is 0 Å². The van der Waals surface area contributed by atoms with Crippen molar-refractivity contribution in [3.63, 3.8) is 0 Å². The lowest BCUT2D eigenvalue weighted by Crippen LogP contribution is -2.24. The number of aryl methyl sites for hydroxylation is 3. The van der Waals surface area contributed by atoms with Crippen LogP contribution < -0.4 is 5.32 Å². The predicted octanol–water partition coefficient (Wildman–Crippen LogP) is 4.50. The van der Waals surface area contributed by atoms with Crippen LogP contribution in [0.4, 0.5) is 0 Å². The maximum absolute atomic E-state index is 12.6. The molecule has 0 aliphatic carbocycles. The lowest BCUT2D eigenvalue weighted by molar-refractivity contribution is -0.120. The van der Waals surface area contributed by atoms with Crippen LogP contribution in [0.5, 0.6) is 0 Å². The summed E-state index contributed by atoms with van der Waals surface area (Å²) < 4.78 is 0. The van der Waals surface area contributed by atoms with Gasteiger partial charge in [-0.1, -0.05) is 30.3 Å². The highest BCUT2D eigenvalue weighted by atomic mass is 16.1. The summed E-state index contributed by atoms with van der Waals surface area (Å²) in [5.74, 6) is 0.0214. The zero-order valence-corrected chi connectivity index (χ0v) is 15.9. The molecule has 0 spiro atoms. The van der Waals surface area contributed by atoms with E-state index in [1.807, 2.05) is 37.4 Å². The first-order valence-corrected chi connectivity index (χ1v) is 9.20. The number of fused-ring (bicyclic) bond motifs is 2. The number of aromatic nitrogens is 2. The van der Waals surface area contributed by atoms with E-state index < -0.39 is 0 Å². The van der Waals surface area contributed by atoms with Crippen molar-refractivity contribution in [2.24, 2.45) is 0 Å². The van der Waals surface area contributed by atoms with Crippen LogP contribution in [0.15, 0.2) is 48.7 Å². The fourth-order valence-electron chi connectivity index (χ4n) is 3.67. The van der Waals surface area contributed by atoms with Crippen LogP contribution >= 0.6 is 0 Å². The highest BCUT2D eigenvalue weighted by Gasteiger charge is 2.15. The maximum atomic E-state index is 12.6. The Labute approximate surface area is 158 Å². The molecule has 2 N–H and O–H groups in total. The van der Waals surface area contributed by atoms with E-state index in [-0.39, 0.29) is 5.91 Å². The molecule has 0 saturated carbocycles. The van der Waals surface area contributed by atoms with Crippen molar-refractivity contribution >= 4 is 27.7 Å². The number of H-pyrrole nitrogens is 1. The third-order valence-electron chi connectivity index (χ3n) is 5.16. The van der Waals surface area contributed by atoms with Gasteiger partial charge in [-0.25, -0.2) is 0 Å². The minimum absolute atomic E-state index is 0.0214. The molecule has 0 radical (unpaired) electrons. The summed E-state index contributed by atoms with van der Waals surface area (Å²) >= 11 is 0. The van der Waals surface area contributed by atoms with Gasteiger partial charge in [-0.2, -0.15) is 0 Å². The first-order valence-electron chi connectivity index (χ1n) is 9.20. The molecular weight excluding hydrogens is 334 g/mol. The maximum Gasteiger partial charge on any atom is 0.224 e. The number of benzene rings is 2. The van der Waals surface area contributed by atoms with Crippen molar-refractivity contribution in [1.82, 2.24) is 15.3 Å². The van der Waals surface area contributed by atoms with E-state index in [4.69, 9.17) is 0 Å². The first-order chi connectivity index (χ1) is 13.0. The molecule has 27 heavy (non-hydrogen) atoms. The predicted molar refractivity (Wildman–Crippen MR) is 110 cm³/mol. The first kappa shape index (κ1) is 17.3. The van der Waals surface area contributed by atoms with Gasteiger partial charge in [0.2, 0.25) is 5.91 Å². The standard InChI is InChI=1S/C23H23N3O/c1-14-8-9-15(2)23-22(14)19(16(3)26-23)11-21(27)25-13-17-10-18-6-4-5-7-20(18)24-12-17/h4-10,12,26H,11,13H2,1-3H3,(H,25,27). The number of carbonyl (C=O) groups excluding carboxylic acids is 1. The average Bonchev–Trinajstić information content (AvgIpc) is 3.00. The number of carbonyl (C=O) groups is 1. The van der Waals surface area contributed by atoms with Crippen LogP contribution in [0.3, 0.4) is 0 Å². The third kappa shape index (κ3) is 3.31. The van der Waals surface area contributed by atoms with E-state index in [9.17, 15) is 4.79 Å². The number of aromatic amines is 1. The summed E-state index contributed by atoms with van der Waals surface area (Å²) in [6.07, 6.45) is 2.20. The van der Waals surface area contributed by atoms with Gasteiger partial charge in [-0.15, -0.1) is 0 Å². The molecule has 2 aromatic heterocycles. The van der Waals surface area contributed by atoms with Gasteiger partial charge in [-0.3, -0.25) is 9.78 Å². The molecule has 0 aliphatic heterocycles. The Morgan fingerprint density at radius 1 is 1.07 bits per heavy atom. The van der Waals surface area contributed by atoms with Gasteiger partial charge in [-0.05, 0) is 55.2 Å². The van der Waals surface area contributed by atoms with Crippen LogP contribution in [0.2, 0.25) is 0 Å². The van der Waals surface area contributed by atoms with Crippen molar-refractivity contribution in [3.8, 4) is 0 Å². The summed E-state index contributed by atoms with van der Waals surface area (Å²) in [5.41, 5.74) is 7.64. The number of hydrogen-bond acceptors (Lipinski definition) is 2. The van der Waals surface area contributed by atoms with E-state index in [0.29, 0.717) is 13.0 Å². The minimum Gasteiger partial charge on any atom is -0.358 e. The summed E-state index contributed by atoms with van der Waals surface area (Å²) in [5, 5.41) is 5.30. The Morgan fingerprint density at radius 2 is 1.85 bits per heavy atom. The molecule has 136 valence electrons. The van der Waals surface area contributed by atoms with Gasteiger partial charge in [0.05, 0.1) is 11.9 Å². The lowest BCUT2D eigenvalue weighted by atomic mass is 10.0. The second-order valence-electron chi connectivity index (χ2n) is 7.17. The number of nitrogens with one attached hydrogen (secondary N) is 2. The molecule has 0 saturated heterocycles. The van der Waals surface area contributed by atoms with Crippen molar-refractivity contribution in [1.29, 1.82) is 0 Å². The SMILES string of the molecule is Cc1[nH]c2c(C)ccc(C)c2c1CC(=O)NCc1cnc2ccccc2c1. The molecule has 4 heteroatoms. The summed E-state index contributed by atoms with van der Waals surface area (Å²) in [6.45, 7) is 6.70. The quantitative estimate of drug-likeness (QED) is 0.565. The molecule has 0 atom stereocenters. The normalized spacial score (nSPS) is 11.2. The van der Waals surface area contributed by atoms with Gasteiger partial charge >= 0.3 is 0 Å². The van der Waals surface area contributed by atoms with Crippen molar-refractivity contribution in [2.45, 2.75) is 33.7 Å². The van der Waals surface area contributed by atoms with Crippen LogP contribution in [-0.4, -0.2) is 15.9 Å². The number of hydrogen-bond donors (Lipinski definition) is 2. The second-order valence-corrected chi connectivity index (χ2v) is 7.17.